The highest BCUT2D eigenvalue weighted by Crippen LogP contribution is 2.14. The molecule has 3 nitrogen and oxygen atoms in total. The summed E-state index contributed by atoms with van der Waals surface area (Å²) in [5.41, 5.74) is 0. The first-order valence-corrected chi connectivity index (χ1v) is 15.6. The Labute approximate surface area is 214 Å². The first-order valence-electron chi connectivity index (χ1n) is 15.6. The quantitative estimate of drug-likeness (QED) is 0.0821. The minimum atomic E-state index is -0.475. The molecule has 0 spiro atoms. The molecule has 0 N–H and O–H groups in total. The molecule has 0 aliphatic heterocycles. The SMILES string of the molecule is CCCCCCCCCCCCCCCCCOC(=O)OCCCCCCCCCCCCC. The minimum Gasteiger partial charge on any atom is -0.434 e. The second-order valence-electron chi connectivity index (χ2n) is 10.4. The standard InChI is InChI=1S/C31H62O3/c1-3-5-7-9-11-13-15-16-17-18-20-22-24-26-28-30-34-31(32)33-29-27-25-23-21-19-14-12-10-8-6-4-2/h3-30H2,1-2H3. The molecule has 0 aliphatic carbocycles. The number of rotatable bonds is 28. The Morgan fingerprint density at radius 1 is 0.353 bits per heavy atom. The highest BCUT2D eigenvalue weighted by Gasteiger charge is 2.03. The topological polar surface area (TPSA) is 35.5 Å². The molecule has 0 fully saturated rings. The van der Waals surface area contributed by atoms with Crippen LogP contribution in [0.3, 0.4) is 0 Å². The van der Waals surface area contributed by atoms with E-state index < -0.39 is 6.16 Å². The molecule has 3 heteroatoms. The average Bonchev–Trinajstić information content (AvgIpc) is 2.84. The second-order valence-corrected chi connectivity index (χ2v) is 10.4. The Kier molecular flexibility index (Phi) is 29.7. The van der Waals surface area contributed by atoms with Crippen molar-refractivity contribution in [2.24, 2.45) is 0 Å². The molecule has 204 valence electrons. The fourth-order valence-corrected chi connectivity index (χ4v) is 4.59. The summed E-state index contributed by atoms with van der Waals surface area (Å²) in [5, 5.41) is 0. The molecule has 0 aliphatic rings. The molecule has 0 amide bonds. The summed E-state index contributed by atoms with van der Waals surface area (Å²) in [6, 6.07) is 0. The van der Waals surface area contributed by atoms with E-state index in [1.54, 1.807) is 0 Å². The van der Waals surface area contributed by atoms with Crippen LogP contribution in [0.15, 0.2) is 0 Å². The van der Waals surface area contributed by atoms with E-state index >= 15 is 0 Å². The maximum Gasteiger partial charge on any atom is 0.508 e. The predicted octanol–water partition coefficient (Wildman–Crippen LogP) is 11.3. The van der Waals surface area contributed by atoms with E-state index in [-0.39, 0.29) is 0 Å². The van der Waals surface area contributed by atoms with E-state index in [0.29, 0.717) is 13.2 Å². The smallest absolute Gasteiger partial charge is 0.434 e. The Bertz CT molecular complexity index is 383. The average molecular weight is 483 g/mol. The lowest BCUT2D eigenvalue weighted by Crippen LogP contribution is -2.09. The van der Waals surface area contributed by atoms with Gasteiger partial charge in [-0.15, -0.1) is 0 Å². The van der Waals surface area contributed by atoms with Gasteiger partial charge in [-0.25, -0.2) is 4.79 Å². The predicted molar refractivity (Wildman–Crippen MR) is 149 cm³/mol. The van der Waals surface area contributed by atoms with Crippen LogP contribution >= 0.6 is 0 Å². The Balaban J connectivity index is 3.13. The second kappa shape index (κ2) is 30.3. The lowest BCUT2D eigenvalue weighted by molar-refractivity contribution is 0.0529. The van der Waals surface area contributed by atoms with Crippen molar-refractivity contribution in [1.29, 1.82) is 0 Å². The van der Waals surface area contributed by atoms with Crippen LogP contribution in [0.1, 0.15) is 181 Å². The van der Waals surface area contributed by atoms with E-state index in [2.05, 4.69) is 13.8 Å². The van der Waals surface area contributed by atoms with Crippen molar-refractivity contribution in [3.63, 3.8) is 0 Å². The third-order valence-electron chi connectivity index (χ3n) is 6.94. The van der Waals surface area contributed by atoms with Gasteiger partial charge in [0.25, 0.3) is 0 Å². The molecule has 0 saturated carbocycles. The third-order valence-corrected chi connectivity index (χ3v) is 6.94. The molecule has 0 radical (unpaired) electrons. The molecule has 34 heavy (non-hydrogen) atoms. The van der Waals surface area contributed by atoms with Gasteiger partial charge in [-0.3, -0.25) is 0 Å². The summed E-state index contributed by atoms with van der Waals surface area (Å²) >= 11 is 0. The van der Waals surface area contributed by atoms with Crippen LogP contribution in [-0.4, -0.2) is 19.4 Å². The van der Waals surface area contributed by atoms with Crippen LogP contribution < -0.4 is 0 Å². The molecular formula is C31H62O3. The summed E-state index contributed by atoms with van der Waals surface area (Å²) < 4.78 is 10.4. The van der Waals surface area contributed by atoms with Gasteiger partial charge in [-0.1, -0.05) is 168 Å². The summed E-state index contributed by atoms with van der Waals surface area (Å²) in [7, 11) is 0. The molecule has 0 aromatic rings. The van der Waals surface area contributed by atoms with Crippen molar-refractivity contribution in [1.82, 2.24) is 0 Å². The molecule has 0 heterocycles. The highest BCUT2D eigenvalue weighted by molar-refractivity contribution is 5.59. The van der Waals surface area contributed by atoms with Crippen LogP contribution in [0, 0.1) is 0 Å². The van der Waals surface area contributed by atoms with Crippen molar-refractivity contribution < 1.29 is 14.3 Å². The van der Waals surface area contributed by atoms with Gasteiger partial charge in [0.05, 0.1) is 13.2 Å². The van der Waals surface area contributed by atoms with E-state index in [9.17, 15) is 4.79 Å². The van der Waals surface area contributed by atoms with Gasteiger partial charge < -0.3 is 9.47 Å². The fourth-order valence-electron chi connectivity index (χ4n) is 4.59. The van der Waals surface area contributed by atoms with Crippen molar-refractivity contribution >= 4 is 6.16 Å². The molecule has 0 unspecified atom stereocenters. The number of carbonyl (C=O) groups is 1. The lowest BCUT2D eigenvalue weighted by atomic mass is 10.0. The zero-order valence-corrected chi connectivity index (χ0v) is 23.5. The summed E-state index contributed by atoms with van der Waals surface area (Å²) in [6.07, 6.45) is 34.1. The van der Waals surface area contributed by atoms with E-state index in [4.69, 9.17) is 9.47 Å². The lowest BCUT2D eigenvalue weighted by Gasteiger charge is -2.07. The van der Waals surface area contributed by atoms with Gasteiger partial charge in [-0.05, 0) is 12.8 Å². The van der Waals surface area contributed by atoms with Crippen molar-refractivity contribution in [2.75, 3.05) is 13.2 Å². The van der Waals surface area contributed by atoms with Crippen LogP contribution in [0.5, 0.6) is 0 Å². The van der Waals surface area contributed by atoms with E-state index in [1.807, 2.05) is 0 Å². The summed E-state index contributed by atoms with van der Waals surface area (Å²) in [4.78, 5) is 11.6. The monoisotopic (exact) mass is 482 g/mol. The highest BCUT2D eigenvalue weighted by atomic mass is 16.7. The summed E-state index contributed by atoms with van der Waals surface area (Å²) in [6.45, 7) is 5.57. The van der Waals surface area contributed by atoms with Gasteiger partial charge in [0.1, 0.15) is 0 Å². The van der Waals surface area contributed by atoms with Gasteiger partial charge in [0, 0.05) is 0 Å². The largest absolute Gasteiger partial charge is 0.508 e. The molecule has 0 bridgehead atoms. The van der Waals surface area contributed by atoms with Crippen molar-refractivity contribution in [3.05, 3.63) is 0 Å². The minimum absolute atomic E-state index is 0.475. The fraction of sp³-hybridized carbons (Fsp3) is 0.968. The van der Waals surface area contributed by atoms with E-state index in [0.717, 1.165) is 25.7 Å². The number of ether oxygens (including phenoxy) is 2. The van der Waals surface area contributed by atoms with Gasteiger partial charge in [0.15, 0.2) is 0 Å². The first-order chi connectivity index (χ1) is 16.8. The molecule has 0 saturated heterocycles. The molecular weight excluding hydrogens is 420 g/mol. The van der Waals surface area contributed by atoms with Gasteiger partial charge >= 0.3 is 6.16 Å². The normalized spacial score (nSPS) is 11.1. The summed E-state index contributed by atoms with van der Waals surface area (Å²) in [5.74, 6) is 0. The van der Waals surface area contributed by atoms with Crippen molar-refractivity contribution in [2.45, 2.75) is 181 Å². The van der Waals surface area contributed by atoms with Crippen LogP contribution in [0.25, 0.3) is 0 Å². The van der Waals surface area contributed by atoms with Crippen LogP contribution in [0.4, 0.5) is 4.79 Å². The zero-order chi connectivity index (χ0) is 24.8. The number of unbranched alkanes of at least 4 members (excludes halogenated alkanes) is 24. The zero-order valence-electron chi connectivity index (χ0n) is 23.5. The number of hydrogen-bond acceptors (Lipinski definition) is 3. The van der Waals surface area contributed by atoms with Gasteiger partial charge in [-0.2, -0.15) is 0 Å². The number of carbonyl (C=O) groups excluding carboxylic acids is 1. The number of hydrogen-bond donors (Lipinski definition) is 0. The van der Waals surface area contributed by atoms with Crippen LogP contribution in [-0.2, 0) is 9.47 Å². The van der Waals surface area contributed by atoms with Gasteiger partial charge in [0.2, 0.25) is 0 Å². The Morgan fingerprint density at radius 3 is 0.794 bits per heavy atom. The molecule has 0 aromatic heterocycles. The van der Waals surface area contributed by atoms with Crippen molar-refractivity contribution in [3.8, 4) is 0 Å². The van der Waals surface area contributed by atoms with Crippen LogP contribution in [0.2, 0.25) is 0 Å². The Morgan fingerprint density at radius 2 is 0.559 bits per heavy atom. The Hall–Kier alpha value is -0.730. The maximum atomic E-state index is 11.6. The third kappa shape index (κ3) is 29.3. The molecule has 0 rings (SSSR count). The molecule has 0 aromatic carbocycles. The van der Waals surface area contributed by atoms with E-state index in [1.165, 1.54) is 141 Å². The first kappa shape index (κ1) is 33.3. The maximum absolute atomic E-state index is 11.6. The molecule has 0 atom stereocenters.